The second kappa shape index (κ2) is 5.92. The van der Waals surface area contributed by atoms with Crippen molar-refractivity contribution in [2.75, 3.05) is 5.32 Å². The summed E-state index contributed by atoms with van der Waals surface area (Å²) >= 11 is 6.95. The van der Waals surface area contributed by atoms with Gasteiger partial charge in [0.05, 0.1) is 0 Å². The van der Waals surface area contributed by atoms with Crippen LogP contribution in [0.1, 0.15) is 26.2 Å². The number of aromatic nitrogens is 1. The van der Waals surface area contributed by atoms with Crippen LogP contribution < -0.4 is 5.32 Å². The molecule has 84 valence electrons. The standard InChI is InChI=1S/C9H13ClN2O2S/c1-2-3-4-6(8(13)14)11-9-12-7(10)5-15-9/h5-6H,2-4H2,1H3,(H,11,12)(H,13,14). The molecule has 0 radical (unpaired) electrons. The summed E-state index contributed by atoms with van der Waals surface area (Å²) in [5, 5.41) is 14.4. The van der Waals surface area contributed by atoms with Crippen LogP contribution in [0.3, 0.4) is 0 Å². The van der Waals surface area contributed by atoms with Crippen LogP contribution in [0.25, 0.3) is 0 Å². The summed E-state index contributed by atoms with van der Waals surface area (Å²) in [7, 11) is 0. The Morgan fingerprint density at radius 3 is 3.00 bits per heavy atom. The Morgan fingerprint density at radius 1 is 1.80 bits per heavy atom. The summed E-state index contributed by atoms with van der Waals surface area (Å²) in [6, 6.07) is -0.577. The highest BCUT2D eigenvalue weighted by Crippen LogP contribution is 2.20. The molecule has 1 rings (SSSR count). The Kier molecular flexibility index (Phi) is 4.84. The molecule has 2 N–H and O–H groups in total. The third-order valence-electron chi connectivity index (χ3n) is 1.92. The quantitative estimate of drug-likeness (QED) is 0.813. The molecule has 0 spiro atoms. The molecule has 1 heterocycles. The van der Waals surface area contributed by atoms with Gasteiger partial charge in [0, 0.05) is 5.38 Å². The van der Waals surface area contributed by atoms with Gasteiger partial charge in [0.15, 0.2) is 5.13 Å². The van der Waals surface area contributed by atoms with Crippen molar-refractivity contribution in [1.82, 2.24) is 4.98 Å². The molecule has 0 bridgehead atoms. The maximum absolute atomic E-state index is 10.9. The zero-order valence-electron chi connectivity index (χ0n) is 8.36. The zero-order valence-corrected chi connectivity index (χ0v) is 9.94. The smallest absolute Gasteiger partial charge is 0.326 e. The van der Waals surface area contributed by atoms with Gasteiger partial charge < -0.3 is 10.4 Å². The first kappa shape index (κ1) is 12.3. The number of unbranched alkanes of at least 4 members (excludes halogenated alkanes) is 1. The van der Waals surface area contributed by atoms with E-state index in [-0.39, 0.29) is 0 Å². The molecule has 0 aliphatic heterocycles. The number of rotatable bonds is 6. The van der Waals surface area contributed by atoms with E-state index in [1.165, 1.54) is 11.3 Å². The Balaban J connectivity index is 2.54. The van der Waals surface area contributed by atoms with Gasteiger partial charge in [0.2, 0.25) is 0 Å². The summed E-state index contributed by atoms with van der Waals surface area (Å²) in [5.74, 6) is -0.852. The fourth-order valence-electron chi connectivity index (χ4n) is 1.14. The molecular weight excluding hydrogens is 236 g/mol. The van der Waals surface area contributed by atoms with E-state index < -0.39 is 12.0 Å². The van der Waals surface area contributed by atoms with Gasteiger partial charge in [0.1, 0.15) is 11.2 Å². The number of halogens is 1. The van der Waals surface area contributed by atoms with Crippen LogP contribution in [0, 0.1) is 0 Å². The van der Waals surface area contributed by atoms with E-state index >= 15 is 0 Å². The molecule has 0 aromatic carbocycles. The van der Waals surface area contributed by atoms with Crippen molar-refractivity contribution in [3.63, 3.8) is 0 Å². The maximum Gasteiger partial charge on any atom is 0.326 e. The Labute approximate surface area is 97.3 Å². The van der Waals surface area contributed by atoms with Crippen molar-refractivity contribution in [3.8, 4) is 0 Å². The van der Waals surface area contributed by atoms with Gasteiger partial charge in [-0.25, -0.2) is 9.78 Å². The average molecular weight is 249 g/mol. The lowest BCUT2D eigenvalue weighted by atomic mass is 10.1. The number of carboxylic acid groups (broad SMARTS) is 1. The molecule has 0 fully saturated rings. The van der Waals surface area contributed by atoms with Crippen molar-refractivity contribution in [2.24, 2.45) is 0 Å². The second-order valence-electron chi connectivity index (χ2n) is 3.15. The third-order valence-corrected chi connectivity index (χ3v) is 3.01. The van der Waals surface area contributed by atoms with Gasteiger partial charge in [0.25, 0.3) is 0 Å². The van der Waals surface area contributed by atoms with Gasteiger partial charge in [-0.3, -0.25) is 0 Å². The molecule has 0 amide bonds. The van der Waals surface area contributed by atoms with Crippen LogP contribution in [0.5, 0.6) is 0 Å². The first-order valence-corrected chi connectivity index (χ1v) is 5.99. The number of nitrogens with zero attached hydrogens (tertiary/aromatic N) is 1. The van der Waals surface area contributed by atoms with Crippen molar-refractivity contribution in [1.29, 1.82) is 0 Å². The van der Waals surface area contributed by atoms with Crippen LogP contribution >= 0.6 is 22.9 Å². The van der Waals surface area contributed by atoms with Gasteiger partial charge >= 0.3 is 5.97 Å². The Morgan fingerprint density at radius 2 is 2.53 bits per heavy atom. The van der Waals surface area contributed by atoms with Crippen LogP contribution in [0.4, 0.5) is 5.13 Å². The molecule has 1 aromatic heterocycles. The van der Waals surface area contributed by atoms with E-state index in [1.807, 2.05) is 6.92 Å². The number of carboxylic acids is 1. The topological polar surface area (TPSA) is 62.2 Å². The fourth-order valence-corrected chi connectivity index (χ4v) is 2.03. The highest BCUT2D eigenvalue weighted by atomic mass is 35.5. The largest absolute Gasteiger partial charge is 0.480 e. The van der Waals surface area contributed by atoms with Gasteiger partial charge in [-0.2, -0.15) is 0 Å². The van der Waals surface area contributed by atoms with E-state index in [4.69, 9.17) is 16.7 Å². The van der Waals surface area contributed by atoms with E-state index in [9.17, 15) is 4.79 Å². The van der Waals surface area contributed by atoms with Gasteiger partial charge in [-0.15, -0.1) is 11.3 Å². The first-order chi connectivity index (χ1) is 7.13. The molecule has 0 saturated carbocycles. The van der Waals surface area contributed by atoms with Crippen molar-refractivity contribution in [2.45, 2.75) is 32.2 Å². The lowest BCUT2D eigenvalue weighted by molar-refractivity contribution is -0.138. The summed E-state index contributed by atoms with van der Waals surface area (Å²) in [6.45, 7) is 2.03. The fraction of sp³-hybridized carbons (Fsp3) is 0.556. The van der Waals surface area contributed by atoms with Crippen molar-refractivity contribution < 1.29 is 9.90 Å². The highest BCUT2D eigenvalue weighted by molar-refractivity contribution is 7.14. The van der Waals surface area contributed by atoms with E-state index in [2.05, 4.69) is 10.3 Å². The summed E-state index contributed by atoms with van der Waals surface area (Å²) < 4.78 is 0. The maximum atomic E-state index is 10.9. The number of aliphatic carboxylic acids is 1. The third kappa shape index (κ3) is 4.05. The predicted molar refractivity (Wildman–Crippen MR) is 61.7 cm³/mol. The minimum absolute atomic E-state index is 0.391. The lowest BCUT2D eigenvalue weighted by Crippen LogP contribution is -2.29. The number of nitrogens with one attached hydrogen (secondary N) is 1. The minimum Gasteiger partial charge on any atom is -0.480 e. The monoisotopic (exact) mass is 248 g/mol. The van der Waals surface area contributed by atoms with Crippen LogP contribution in [-0.2, 0) is 4.79 Å². The molecule has 1 aromatic rings. The van der Waals surface area contributed by atoms with Crippen LogP contribution in [0.15, 0.2) is 5.38 Å². The van der Waals surface area contributed by atoms with Crippen molar-refractivity contribution >= 4 is 34.0 Å². The molecule has 4 nitrogen and oxygen atoms in total. The number of carbonyl (C=O) groups is 1. The highest BCUT2D eigenvalue weighted by Gasteiger charge is 2.17. The molecule has 1 atom stereocenters. The Hall–Kier alpha value is -0.810. The summed E-state index contributed by atoms with van der Waals surface area (Å²) in [5.41, 5.74) is 0. The van der Waals surface area contributed by atoms with E-state index in [0.717, 1.165) is 12.8 Å². The zero-order chi connectivity index (χ0) is 11.3. The van der Waals surface area contributed by atoms with Gasteiger partial charge in [-0.05, 0) is 6.42 Å². The molecule has 1 unspecified atom stereocenters. The molecule has 0 aliphatic carbocycles. The molecule has 15 heavy (non-hydrogen) atoms. The lowest BCUT2D eigenvalue weighted by Gasteiger charge is -2.12. The number of hydrogen-bond acceptors (Lipinski definition) is 4. The average Bonchev–Trinajstić information content (AvgIpc) is 2.58. The Bertz CT molecular complexity index is 330. The predicted octanol–water partition coefficient (Wildman–Crippen LogP) is 2.85. The van der Waals surface area contributed by atoms with Gasteiger partial charge in [-0.1, -0.05) is 31.4 Å². The number of anilines is 1. The summed E-state index contributed by atoms with van der Waals surface area (Å²) in [6.07, 6.45) is 2.45. The van der Waals surface area contributed by atoms with E-state index in [0.29, 0.717) is 16.7 Å². The second-order valence-corrected chi connectivity index (χ2v) is 4.40. The first-order valence-electron chi connectivity index (χ1n) is 4.74. The number of hydrogen-bond donors (Lipinski definition) is 2. The summed E-state index contributed by atoms with van der Waals surface area (Å²) in [4.78, 5) is 14.8. The van der Waals surface area contributed by atoms with Crippen LogP contribution in [0.2, 0.25) is 5.15 Å². The van der Waals surface area contributed by atoms with E-state index in [1.54, 1.807) is 5.38 Å². The molecule has 0 saturated heterocycles. The molecular formula is C9H13ClN2O2S. The van der Waals surface area contributed by atoms with Crippen LogP contribution in [-0.4, -0.2) is 22.1 Å². The molecule has 6 heteroatoms. The number of thiazole rings is 1. The minimum atomic E-state index is -0.852. The normalized spacial score (nSPS) is 12.4. The molecule has 0 aliphatic rings. The SMILES string of the molecule is CCCCC(Nc1nc(Cl)cs1)C(=O)O. The van der Waals surface area contributed by atoms with Crippen molar-refractivity contribution in [3.05, 3.63) is 10.5 Å².